The maximum Gasteiger partial charge on any atom is 0.261 e. The number of fused-ring (bicyclic) bond motifs is 2. The van der Waals surface area contributed by atoms with Crippen LogP contribution in [0, 0.1) is 0 Å². The Labute approximate surface area is 150 Å². The second-order valence-electron chi connectivity index (χ2n) is 6.66. The van der Waals surface area contributed by atoms with Crippen LogP contribution in [-0.2, 0) is 0 Å². The molecule has 2 aromatic rings. The van der Waals surface area contributed by atoms with E-state index in [2.05, 4.69) is 10.6 Å². The van der Waals surface area contributed by atoms with Crippen molar-refractivity contribution in [1.29, 1.82) is 0 Å². The van der Waals surface area contributed by atoms with E-state index in [0.29, 0.717) is 33.3 Å². The number of amides is 1. The number of rotatable bonds is 5. The second-order valence-corrected chi connectivity index (χ2v) is 7.71. The van der Waals surface area contributed by atoms with Gasteiger partial charge in [-0.3, -0.25) is 9.59 Å². The van der Waals surface area contributed by atoms with Gasteiger partial charge in [-0.2, -0.15) is 0 Å². The van der Waals surface area contributed by atoms with Gasteiger partial charge in [0.2, 0.25) is 0 Å². The Kier molecular flexibility index (Phi) is 4.31. The second kappa shape index (κ2) is 6.61. The minimum atomic E-state index is -0.0360. The highest BCUT2D eigenvalue weighted by Crippen LogP contribution is 2.31. The Morgan fingerprint density at radius 3 is 2.60 bits per heavy atom. The number of hydrogen-bond acceptors (Lipinski definition) is 5. The summed E-state index contributed by atoms with van der Waals surface area (Å²) in [6.07, 6.45) is 3.38. The summed E-state index contributed by atoms with van der Waals surface area (Å²) in [7, 11) is 0. The summed E-state index contributed by atoms with van der Waals surface area (Å²) in [6, 6.07) is 11.8. The van der Waals surface area contributed by atoms with E-state index in [0.717, 1.165) is 12.8 Å². The van der Waals surface area contributed by atoms with Gasteiger partial charge in [0, 0.05) is 23.7 Å². The molecule has 2 aliphatic rings. The predicted octanol–water partition coefficient (Wildman–Crippen LogP) is 3.37. The first-order chi connectivity index (χ1) is 12.1. The van der Waals surface area contributed by atoms with Crippen molar-refractivity contribution in [3.63, 3.8) is 0 Å². The molecule has 2 bridgehead atoms. The summed E-state index contributed by atoms with van der Waals surface area (Å²) in [5.41, 5.74) is 0.651. The van der Waals surface area contributed by atoms with Crippen LogP contribution in [0.25, 0.3) is 0 Å². The molecule has 3 atom stereocenters. The zero-order valence-electron chi connectivity index (χ0n) is 14.0. The summed E-state index contributed by atoms with van der Waals surface area (Å²) < 4.78 is 5.78. The summed E-state index contributed by atoms with van der Waals surface area (Å²) in [4.78, 5) is 24.4. The molecule has 2 saturated heterocycles. The Balaban J connectivity index is 1.38. The van der Waals surface area contributed by atoms with Crippen LogP contribution in [0.3, 0.4) is 0 Å². The SMILES string of the molecule is CC(=O)c1ccc(Oc2ccc(C(=O)N[C@@H]3C[C@H]4CC[C@@H]3N4)s2)cc1. The average molecular weight is 356 g/mol. The van der Waals surface area contributed by atoms with Crippen molar-refractivity contribution in [2.24, 2.45) is 0 Å². The number of carbonyl (C=O) groups excluding carboxylic acids is 2. The number of carbonyl (C=O) groups is 2. The van der Waals surface area contributed by atoms with Crippen LogP contribution in [0.4, 0.5) is 0 Å². The molecule has 5 nitrogen and oxygen atoms in total. The van der Waals surface area contributed by atoms with E-state index in [1.54, 1.807) is 36.4 Å². The van der Waals surface area contributed by atoms with Gasteiger partial charge in [-0.1, -0.05) is 11.3 Å². The van der Waals surface area contributed by atoms with E-state index in [9.17, 15) is 9.59 Å². The molecule has 25 heavy (non-hydrogen) atoms. The normalized spacial score (nSPS) is 24.3. The lowest BCUT2D eigenvalue weighted by molar-refractivity contribution is 0.0934. The highest BCUT2D eigenvalue weighted by Gasteiger charge is 2.39. The van der Waals surface area contributed by atoms with Crippen LogP contribution in [0.5, 0.6) is 10.8 Å². The smallest absolute Gasteiger partial charge is 0.261 e. The fraction of sp³-hybridized carbons (Fsp3) is 0.368. The molecule has 2 N–H and O–H groups in total. The minimum Gasteiger partial charge on any atom is -0.447 e. The van der Waals surface area contributed by atoms with E-state index in [4.69, 9.17) is 4.74 Å². The fourth-order valence-corrected chi connectivity index (χ4v) is 4.37. The lowest BCUT2D eigenvalue weighted by Crippen LogP contribution is -2.42. The summed E-state index contributed by atoms with van der Waals surface area (Å²) in [5.74, 6) is 0.638. The van der Waals surface area contributed by atoms with E-state index in [-0.39, 0.29) is 17.7 Å². The number of thiophene rings is 1. The summed E-state index contributed by atoms with van der Waals surface area (Å²) in [5, 5.41) is 7.32. The first-order valence-corrected chi connectivity index (χ1v) is 9.36. The fourth-order valence-electron chi connectivity index (χ4n) is 3.59. The predicted molar refractivity (Wildman–Crippen MR) is 96.7 cm³/mol. The largest absolute Gasteiger partial charge is 0.447 e. The highest BCUT2D eigenvalue weighted by molar-refractivity contribution is 7.15. The van der Waals surface area contributed by atoms with Crippen LogP contribution in [0.15, 0.2) is 36.4 Å². The molecule has 0 saturated carbocycles. The third-order valence-corrected chi connectivity index (χ3v) is 5.86. The first-order valence-electron chi connectivity index (χ1n) is 8.54. The van der Waals surface area contributed by atoms with E-state index >= 15 is 0 Å². The minimum absolute atomic E-state index is 0.0248. The van der Waals surface area contributed by atoms with Crippen molar-refractivity contribution >= 4 is 23.0 Å². The molecule has 0 radical (unpaired) electrons. The van der Waals surface area contributed by atoms with Crippen molar-refractivity contribution < 1.29 is 14.3 Å². The molecule has 1 aromatic carbocycles. The molecule has 0 aliphatic carbocycles. The first kappa shape index (κ1) is 16.3. The number of ether oxygens (including phenoxy) is 1. The Bertz CT molecular complexity index is 799. The van der Waals surface area contributed by atoms with Crippen molar-refractivity contribution in [3.05, 3.63) is 46.8 Å². The van der Waals surface area contributed by atoms with Crippen molar-refractivity contribution in [2.45, 2.75) is 44.3 Å². The van der Waals surface area contributed by atoms with Crippen LogP contribution in [-0.4, -0.2) is 29.8 Å². The maximum absolute atomic E-state index is 12.4. The number of nitrogens with one attached hydrogen (secondary N) is 2. The third-order valence-electron chi connectivity index (χ3n) is 4.90. The average Bonchev–Trinajstić information content (AvgIpc) is 3.32. The third kappa shape index (κ3) is 3.45. The van der Waals surface area contributed by atoms with Crippen molar-refractivity contribution in [3.8, 4) is 10.8 Å². The standard InChI is InChI=1S/C19H20N2O3S/c1-11(22)12-2-5-14(6-3-12)24-18-9-8-17(25-18)19(23)21-16-10-13-4-7-15(16)20-13/h2-3,5-6,8-9,13,15-16,20H,4,7,10H2,1H3,(H,21,23)/t13-,15+,16-/m1/s1. The Morgan fingerprint density at radius 2 is 1.96 bits per heavy atom. The number of Topliss-reactive ketones (excluding diaryl/α,β-unsaturated/α-hetero) is 1. The lowest BCUT2D eigenvalue weighted by Gasteiger charge is -2.20. The molecule has 1 amide bonds. The van der Waals surface area contributed by atoms with Gasteiger partial charge < -0.3 is 15.4 Å². The van der Waals surface area contributed by atoms with E-state index < -0.39 is 0 Å². The number of ketones is 1. The topological polar surface area (TPSA) is 67.4 Å². The molecule has 0 spiro atoms. The van der Waals surface area contributed by atoms with Crippen LogP contribution in [0.1, 0.15) is 46.2 Å². The number of hydrogen-bond donors (Lipinski definition) is 2. The van der Waals surface area contributed by atoms with Crippen LogP contribution >= 0.6 is 11.3 Å². The maximum atomic E-state index is 12.4. The monoisotopic (exact) mass is 356 g/mol. The van der Waals surface area contributed by atoms with Gasteiger partial charge in [-0.05, 0) is 62.6 Å². The Hall–Kier alpha value is -2.18. The summed E-state index contributed by atoms with van der Waals surface area (Å²) in [6.45, 7) is 1.53. The molecule has 2 aliphatic heterocycles. The number of benzene rings is 1. The van der Waals surface area contributed by atoms with Crippen molar-refractivity contribution in [2.75, 3.05) is 0 Å². The highest BCUT2D eigenvalue weighted by atomic mass is 32.1. The molecule has 130 valence electrons. The van der Waals surface area contributed by atoms with Gasteiger partial charge in [0.25, 0.3) is 5.91 Å². The lowest BCUT2D eigenvalue weighted by atomic mass is 9.95. The zero-order valence-corrected chi connectivity index (χ0v) is 14.8. The summed E-state index contributed by atoms with van der Waals surface area (Å²) >= 11 is 1.33. The van der Waals surface area contributed by atoms with Crippen molar-refractivity contribution in [1.82, 2.24) is 10.6 Å². The van der Waals surface area contributed by atoms with E-state index in [1.165, 1.54) is 24.7 Å². The molecule has 6 heteroatoms. The van der Waals surface area contributed by atoms with Crippen LogP contribution < -0.4 is 15.4 Å². The molecule has 0 unspecified atom stereocenters. The van der Waals surface area contributed by atoms with Gasteiger partial charge in [-0.15, -0.1) is 0 Å². The molecule has 3 heterocycles. The quantitative estimate of drug-likeness (QED) is 0.806. The molecule has 2 fully saturated rings. The van der Waals surface area contributed by atoms with Gasteiger partial charge in [0.15, 0.2) is 10.8 Å². The zero-order chi connectivity index (χ0) is 17.4. The van der Waals surface area contributed by atoms with Gasteiger partial charge in [0.05, 0.1) is 4.88 Å². The van der Waals surface area contributed by atoms with E-state index in [1.807, 2.05) is 0 Å². The van der Waals surface area contributed by atoms with Gasteiger partial charge in [0.1, 0.15) is 5.75 Å². The molecule has 1 aromatic heterocycles. The molecular weight excluding hydrogens is 336 g/mol. The van der Waals surface area contributed by atoms with Crippen LogP contribution in [0.2, 0.25) is 0 Å². The molecular formula is C19H20N2O3S. The molecule has 4 rings (SSSR count). The van der Waals surface area contributed by atoms with Gasteiger partial charge in [-0.25, -0.2) is 0 Å². The Morgan fingerprint density at radius 1 is 1.16 bits per heavy atom. The van der Waals surface area contributed by atoms with Gasteiger partial charge >= 0.3 is 0 Å².